The van der Waals surface area contributed by atoms with E-state index in [9.17, 15) is 15.0 Å². The van der Waals surface area contributed by atoms with Crippen LogP contribution in [0.25, 0.3) is 0 Å². The molecule has 0 bridgehead atoms. The summed E-state index contributed by atoms with van der Waals surface area (Å²) >= 11 is 0. The average molecular weight is 308 g/mol. The van der Waals surface area contributed by atoms with Crippen molar-refractivity contribution in [1.29, 1.82) is 0 Å². The Balaban J connectivity index is 0. The van der Waals surface area contributed by atoms with E-state index in [0.717, 1.165) is 19.3 Å². The SMILES string of the molecule is CC/C=C/CCCC([O-])=NCN(CC(=O)O)CC(C)O.[Na+]. The molecule has 116 valence electrons. The number of nitrogens with zero attached hydrogens (tertiary/aromatic N) is 2. The van der Waals surface area contributed by atoms with Crippen LogP contribution < -0.4 is 34.7 Å². The summed E-state index contributed by atoms with van der Waals surface area (Å²) in [4.78, 5) is 15.9. The Labute approximate surface area is 148 Å². The fraction of sp³-hybridized carbons (Fsp3) is 0.714. The number of aliphatic imine (C=N–C) groups is 1. The normalized spacial score (nSPS) is 13.4. The molecule has 0 aromatic carbocycles. The van der Waals surface area contributed by atoms with E-state index in [4.69, 9.17) is 5.11 Å². The van der Waals surface area contributed by atoms with Gasteiger partial charge in [-0.2, -0.15) is 0 Å². The molecule has 0 spiro atoms. The maximum atomic E-state index is 11.5. The molecule has 1 unspecified atom stereocenters. The van der Waals surface area contributed by atoms with Crippen LogP contribution in [0.5, 0.6) is 0 Å². The number of unbranched alkanes of at least 4 members (excludes halogenated alkanes) is 1. The van der Waals surface area contributed by atoms with Gasteiger partial charge in [0.1, 0.15) is 0 Å². The van der Waals surface area contributed by atoms with Crippen LogP contribution in [0.4, 0.5) is 0 Å². The van der Waals surface area contributed by atoms with Gasteiger partial charge in [-0.15, -0.1) is 0 Å². The Hall–Kier alpha value is -0.400. The fourth-order valence-corrected chi connectivity index (χ4v) is 1.65. The Morgan fingerprint density at radius 3 is 2.62 bits per heavy atom. The van der Waals surface area contributed by atoms with Gasteiger partial charge in [-0.05, 0) is 38.5 Å². The van der Waals surface area contributed by atoms with E-state index in [-0.39, 0.29) is 55.2 Å². The van der Waals surface area contributed by atoms with Gasteiger partial charge in [0.2, 0.25) is 0 Å². The molecule has 0 amide bonds. The van der Waals surface area contributed by atoms with Crippen molar-refractivity contribution in [3.8, 4) is 0 Å². The van der Waals surface area contributed by atoms with Crippen molar-refractivity contribution in [2.24, 2.45) is 4.99 Å². The molecule has 0 aromatic heterocycles. The third-order valence-corrected chi connectivity index (χ3v) is 2.49. The number of carboxylic acids is 1. The fourth-order valence-electron chi connectivity index (χ4n) is 1.65. The van der Waals surface area contributed by atoms with Crippen LogP contribution >= 0.6 is 0 Å². The van der Waals surface area contributed by atoms with E-state index in [1.807, 2.05) is 6.08 Å². The second-order valence-electron chi connectivity index (χ2n) is 4.72. The van der Waals surface area contributed by atoms with Crippen LogP contribution in [-0.2, 0) is 4.79 Å². The summed E-state index contributed by atoms with van der Waals surface area (Å²) < 4.78 is 0. The van der Waals surface area contributed by atoms with Gasteiger partial charge in [-0.3, -0.25) is 14.7 Å². The molecule has 0 heterocycles. The van der Waals surface area contributed by atoms with Gasteiger partial charge in [0.15, 0.2) is 0 Å². The predicted octanol–water partition coefficient (Wildman–Crippen LogP) is -2.39. The maximum Gasteiger partial charge on any atom is 1.00 e. The first-order valence-corrected chi connectivity index (χ1v) is 6.93. The third-order valence-electron chi connectivity index (χ3n) is 2.49. The van der Waals surface area contributed by atoms with Crippen LogP contribution in [0.1, 0.15) is 39.5 Å². The molecule has 21 heavy (non-hydrogen) atoms. The molecule has 7 heteroatoms. The van der Waals surface area contributed by atoms with Gasteiger partial charge in [0.25, 0.3) is 0 Å². The minimum atomic E-state index is -1.00. The van der Waals surface area contributed by atoms with Crippen LogP contribution in [0.3, 0.4) is 0 Å². The van der Waals surface area contributed by atoms with Crippen molar-refractivity contribution < 1.29 is 49.7 Å². The zero-order valence-corrected chi connectivity index (χ0v) is 15.3. The zero-order chi connectivity index (χ0) is 15.4. The number of carboxylic acid groups (broad SMARTS) is 1. The topological polar surface area (TPSA) is 96.2 Å². The minimum absolute atomic E-state index is 0. The van der Waals surface area contributed by atoms with Gasteiger partial charge in [-0.1, -0.05) is 19.1 Å². The van der Waals surface area contributed by atoms with E-state index in [2.05, 4.69) is 18.0 Å². The molecular formula is C14H25N2NaO4. The van der Waals surface area contributed by atoms with Crippen LogP contribution in [0.2, 0.25) is 0 Å². The summed E-state index contributed by atoms with van der Waals surface area (Å²) in [7, 11) is 0. The van der Waals surface area contributed by atoms with E-state index in [1.165, 1.54) is 4.90 Å². The molecule has 0 rings (SSSR count). The molecule has 2 N–H and O–H groups in total. The zero-order valence-electron chi connectivity index (χ0n) is 13.3. The Morgan fingerprint density at radius 1 is 1.43 bits per heavy atom. The third kappa shape index (κ3) is 15.8. The molecule has 0 aliphatic carbocycles. The predicted molar refractivity (Wildman–Crippen MR) is 76.5 cm³/mol. The molecule has 0 aliphatic rings. The number of aliphatic hydroxyl groups is 1. The average Bonchev–Trinajstić information content (AvgIpc) is 2.34. The largest absolute Gasteiger partial charge is 1.00 e. The van der Waals surface area contributed by atoms with E-state index >= 15 is 0 Å². The number of allylic oxidation sites excluding steroid dienone is 2. The molecule has 0 radical (unpaired) electrons. The summed E-state index contributed by atoms with van der Waals surface area (Å²) in [5.74, 6) is -1.23. The van der Waals surface area contributed by atoms with Crippen LogP contribution in [-0.4, -0.2) is 52.8 Å². The van der Waals surface area contributed by atoms with Gasteiger partial charge in [0, 0.05) is 6.54 Å². The summed E-state index contributed by atoms with van der Waals surface area (Å²) in [6, 6.07) is 0. The standard InChI is InChI=1S/C14H26N2O4.Na/c1-3-4-5-6-7-8-13(18)15-11-16(9-12(2)17)10-14(19)20;/h4-5,12,17H,3,6-11H2,1-2H3,(H,15,18)(H,19,20);/q;+1/p-1/b5-4+;. The molecule has 0 saturated heterocycles. The van der Waals surface area contributed by atoms with Gasteiger partial charge < -0.3 is 15.3 Å². The van der Waals surface area contributed by atoms with Crippen molar-refractivity contribution in [1.82, 2.24) is 4.90 Å². The quantitative estimate of drug-likeness (QED) is 0.146. The van der Waals surface area contributed by atoms with Crippen molar-refractivity contribution in [3.63, 3.8) is 0 Å². The Kier molecular flexibility index (Phi) is 15.8. The van der Waals surface area contributed by atoms with Crippen LogP contribution in [0.15, 0.2) is 17.1 Å². The number of rotatable bonds is 11. The van der Waals surface area contributed by atoms with Crippen molar-refractivity contribution >= 4 is 11.9 Å². The summed E-state index contributed by atoms with van der Waals surface area (Å²) in [5, 5.41) is 29.5. The van der Waals surface area contributed by atoms with Gasteiger partial charge in [0.05, 0.1) is 19.3 Å². The molecule has 0 aliphatic heterocycles. The number of hydrogen-bond donors (Lipinski definition) is 2. The second-order valence-corrected chi connectivity index (χ2v) is 4.72. The minimum Gasteiger partial charge on any atom is -0.862 e. The first-order valence-electron chi connectivity index (χ1n) is 6.93. The molecule has 0 saturated carbocycles. The number of hydrogen-bond acceptors (Lipinski definition) is 5. The molecular weight excluding hydrogens is 283 g/mol. The van der Waals surface area contributed by atoms with Gasteiger partial charge in [-0.25, -0.2) is 0 Å². The van der Waals surface area contributed by atoms with Crippen molar-refractivity contribution in [2.45, 2.75) is 45.6 Å². The molecule has 1 atom stereocenters. The van der Waals surface area contributed by atoms with E-state index < -0.39 is 12.1 Å². The Morgan fingerprint density at radius 2 is 2.10 bits per heavy atom. The van der Waals surface area contributed by atoms with E-state index in [0.29, 0.717) is 6.42 Å². The maximum absolute atomic E-state index is 11.5. The number of aliphatic carboxylic acids is 1. The van der Waals surface area contributed by atoms with Gasteiger partial charge >= 0.3 is 35.5 Å². The van der Waals surface area contributed by atoms with Crippen molar-refractivity contribution in [2.75, 3.05) is 19.8 Å². The first kappa shape index (κ1) is 22.9. The first-order chi connectivity index (χ1) is 9.45. The second kappa shape index (κ2) is 14.5. The monoisotopic (exact) mass is 308 g/mol. The van der Waals surface area contributed by atoms with Crippen molar-refractivity contribution in [3.05, 3.63) is 12.2 Å². The Bertz CT molecular complexity index is 333. The summed E-state index contributed by atoms with van der Waals surface area (Å²) in [6.45, 7) is 3.58. The molecule has 6 nitrogen and oxygen atoms in total. The smallest absolute Gasteiger partial charge is 0.862 e. The van der Waals surface area contributed by atoms with E-state index in [1.54, 1.807) is 6.92 Å². The summed E-state index contributed by atoms with van der Waals surface area (Å²) in [6.07, 6.45) is 6.39. The number of carbonyl (C=O) groups is 1. The molecule has 0 aromatic rings. The number of aliphatic hydroxyl groups excluding tert-OH is 1. The summed E-state index contributed by atoms with van der Waals surface area (Å²) in [5.41, 5.74) is 0. The molecule has 0 fully saturated rings. The van der Waals surface area contributed by atoms with Crippen LogP contribution in [0, 0.1) is 0 Å².